The first-order valence-corrected chi connectivity index (χ1v) is 6.94. The normalized spacial score (nSPS) is 15.6. The Morgan fingerprint density at radius 3 is 2.78 bits per heavy atom. The van der Waals surface area contributed by atoms with Crippen molar-refractivity contribution >= 4 is 21.7 Å². The van der Waals surface area contributed by atoms with Gasteiger partial charge in [-0.2, -0.15) is 0 Å². The maximum atomic E-state index is 11.9. The van der Waals surface area contributed by atoms with Gasteiger partial charge in [0.1, 0.15) is 0 Å². The monoisotopic (exact) mass is 273 g/mol. The molecule has 0 saturated heterocycles. The fourth-order valence-electron chi connectivity index (χ4n) is 1.50. The number of carbonyl (C=O) groups excluding carboxylic acids is 1. The van der Waals surface area contributed by atoms with E-state index in [9.17, 15) is 13.2 Å². The molecule has 1 fully saturated rings. The first-order valence-electron chi connectivity index (χ1n) is 5.46. The summed E-state index contributed by atoms with van der Waals surface area (Å²) in [7, 11) is -2.31. The van der Waals surface area contributed by atoms with Gasteiger partial charge in [0.25, 0.3) is 10.0 Å². The maximum absolute atomic E-state index is 11.9. The largest absolute Gasteiger partial charge is 0.381 e. The number of nitrogens with zero attached hydrogens (tertiary/aromatic N) is 2. The molecule has 100 valence electrons. The zero-order valence-corrected chi connectivity index (χ0v) is 10.7. The molecule has 0 radical (unpaired) electrons. The second-order valence-corrected chi connectivity index (χ2v) is 5.89. The van der Waals surface area contributed by atoms with Crippen molar-refractivity contribution in [2.45, 2.75) is 23.9 Å². The number of rotatable bonds is 5. The molecular formula is C9H15N5O3S. The van der Waals surface area contributed by atoms with E-state index in [1.54, 1.807) is 0 Å². The number of aromatic nitrogens is 2. The number of imidazole rings is 1. The highest BCUT2D eigenvalue weighted by atomic mass is 32.2. The molecule has 2 rings (SSSR count). The molecule has 1 amide bonds. The number of carbonyl (C=O) groups is 1. The van der Waals surface area contributed by atoms with Gasteiger partial charge in [0.2, 0.25) is 5.91 Å². The third kappa shape index (κ3) is 2.79. The molecule has 9 heteroatoms. The van der Waals surface area contributed by atoms with Gasteiger partial charge in [-0.25, -0.2) is 18.1 Å². The summed E-state index contributed by atoms with van der Waals surface area (Å²) in [5, 5.41) is 2.54. The standard InChI is InChI=1S/C9H15N5O3S/c1-14-5-11-8(10)9(14)18(16,17)12-4-7(15)13-6-2-3-6/h5-6,12H,2-4,10H2,1H3,(H,13,15). The molecule has 0 aromatic carbocycles. The highest BCUT2D eigenvalue weighted by Crippen LogP contribution is 2.18. The van der Waals surface area contributed by atoms with Gasteiger partial charge in [-0.1, -0.05) is 0 Å². The number of aryl methyl sites for hydroxylation is 1. The molecule has 1 saturated carbocycles. The van der Waals surface area contributed by atoms with Crippen LogP contribution in [0.25, 0.3) is 0 Å². The van der Waals surface area contributed by atoms with Gasteiger partial charge in [0, 0.05) is 13.1 Å². The van der Waals surface area contributed by atoms with Gasteiger partial charge in [0.15, 0.2) is 10.8 Å². The first-order chi connectivity index (χ1) is 8.40. The molecule has 0 spiro atoms. The molecule has 4 N–H and O–H groups in total. The number of nitrogen functional groups attached to an aromatic ring is 1. The minimum atomic E-state index is -3.82. The third-order valence-corrected chi connectivity index (χ3v) is 4.06. The first kappa shape index (κ1) is 12.8. The smallest absolute Gasteiger partial charge is 0.260 e. The van der Waals surface area contributed by atoms with Crippen molar-refractivity contribution in [1.82, 2.24) is 19.6 Å². The lowest BCUT2D eigenvalue weighted by molar-refractivity contribution is -0.120. The lowest BCUT2D eigenvalue weighted by Crippen LogP contribution is -2.38. The molecule has 1 aliphatic carbocycles. The van der Waals surface area contributed by atoms with E-state index in [4.69, 9.17) is 5.73 Å². The van der Waals surface area contributed by atoms with E-state index in [0.29, 0.717) is 0 Å². The quantitative estimate of drug-likeness (QED) is 0.607. The summed E-state index contributed by atoms with van der Waals surface area (Å²) in [5.41, 5.74) is 5.47. The van der Waals surface area contributed by atoms with Gasteiger partial charge in [0.05, 0.1) is 12.9 Å². The number of hydrogen-bond donors (Lipinski definition) is 3. The summed E-state index contributed by atoms with van der Waals surface area (Å²) in [6.07, 6.45) is 3.20. The van der Waals surface area contributed by atoms with Crippen molar-refractivity contribution in [1.29, 1.82) is 0 Å². The molecule has 0 bridgehead atoms. The van der Waals surface area contributed by atoms with E-state index in [1.807, 2.05) is 0 Å². The van der Waals surface area contributed by atoms with E-state index >= 15 is 0 Å². The van der Waals surface area contributed by atoms with E-state index in [2.05, 4.69) is 15.0 Å². The van der Waals surface area contributed by atoms with Crippen LogP contribution in [-0.4, -0.2) is 36.5 Å². The Balaban J connectivity index is 2.01. The van der Waals surface area contributed by atoms with E-state index in [0.717, 1.165) is 12.8 Å². The van der Waals surface area contributed by atoms with Crippen LogP contribution < -0.4 is 15.8 Å². The van der Waals surface area contributed by atoms with Gasteiger partial charge in [-0.05, 0) is 12.8 Å². The molecule has 1 aromatic heterocycles. The highest BCUT2D eigenvalue weighted by Gasteiger charge is 2.26. The Hall–Kier alpha value is -1.61. The molecular weight excluding hydrogens is 258 g/mol. The second kappa shape index (κ2) is 4.58. The summed E-state index contributed by atoms with van der Waals surface area (Å²) >= 11 is 0. The molecule has 18 heavy (non-hydrogen) atoms. The Morgan fingerprint density at radius 1 is 1.61 bits per heavy atom. The molecule has 0 atom stereocenters. The highest BCUT2D eigenvalue weighted by molar-refractivity contribution is 7.89. The summed E-state index contributed by atoms with van der Waals surface area (Å²) in [6, 6.07) is 0.198. The molecule has 0 unspecified atom stereocenters. The van der Waals surface area contributed by atoms with E-state index in [-0.39, 0.29) is 29.3 Å². The number of hydrogen-bond acceptors (Lipinski definition) is 5. The predicted molar refractivity (Wildman–Crippen MR) is 64.0 cm³/mol. The summed E-state index contributed by atoms with van der Waals surface area (Å²) in [6.45, 7) is -0.302. The topological polar surface area (TPSA) is 119 Å². The van der Waals surface area contributed by atoms with Crippen molar-refractivity contribution in [2.75, 3.05) is 12.3 Å². The van der Waals surface area contributed by atoms with Crippen LogP contribution in [0.2, 0.25) is 0 Å². The SMILES string of the molecule is Cn1cnc(N)c1S(=O)(=O)NCC(=O)NC1CC1. The van der Waals surface area contributed by atoms with Crippen molar-refractivity contribution in [3.63, 3.8) is 0 Å². The fourth-order valence-corrected chi connectivity index (χ4v) is 2.71. The summed E-state index contributed by atoms with van der Waals surface area (Å²) < 4.78 is 27.3. The molecule has 1 aliphatic rings. The average molecular weight is 273 g/mol. The van der Waals surface area contributed by atoms with Gasteiger partial charge in [-0.15, -0.1) is 0 Å². The minimum Gasteiger partial charge on any atom is -0.381 e. The molecule has 1 aromatic rings. The Morgan fingerprint density at radius 2 is 2.28 bits per heavy atom. The van der Waals surface area contributed by atoms with Crippen molar-refractivity contribution in [3.05, 3.63) is 6.33 Å². The number of amides is 1. The average Bonchev–Trinajstić information content (AvgIpc) is 3.01. The fraction of sp³-hybridized carbons (Fsp3) is 0.556. The Labute approximate surface area is 105 Å². The van der Waals surface area contributed by atoms with Crippen LogP contribution in [0.3, 0.4) is 0 Å². The zero-order chi connectivity index (χ0) is 13.3. The Kier molecular flexibility index (Phi) is 3.26. The van der Waals surface area contributed by atoms with E-state index in [1.165, 1.54) is 17.9 Å². The minimum absolute atomic E-state index is 0.0902. The second-order valence-electron chi connectivity index (χ2n) is 4.21. The zero-order valence-electron chi connectivity index (χ0n) is 9.88. The van der Waals surface area contributed by atoms with Gasteiger partial charge >= 0.3 is 0 Å². The van der Waals surface area contributed by atoms with Crippen LogP contribution in [0.5, 0.6) is 0 Å². The van der Waals surface area contributed by atoms with Crippen molar-refractivity contribution in [2.24, 2.45) is 7.05 Å². The summed E-state index contributed by atoms with van der Waals surface area (Å²) in [5.74, 6) is -0.436. The third-order valence-electron chi connectivity index (χ3n) is 2.53. The number of anilines is 1. The number of nitrogens with one attached hydrogen (secondary N) is 2. The van der Waals surface area contributed by atoms with Crippen LogP contribution in [0, 0.1) is 0 Å². The van der Waals surface area contributed by atoms with E-state index < -0.39 is 10.0 Å². The lowest BCUT2D eigenvalue weighted by atomic mass is 10.5. The maximum Gasteiger partial charge on any atom is 0.260 e. The van der Waals surface area contributed by atoms with Crippen LogP contribution >= 0.6 is 0 Å². The number of sulfonamides is 1. The molecule has 8 nitrogen and oxygen atoms in total. The number of nitrogens with two attached hydrogens (primary N) is 1. The van der Waals surface area contributed by atoms with Crippen LogP contribution in [0.4, 0.5) is 5.82 Å². The van der Waals surface area contributed by atoms with Gasteiger partial charge in [-0.3, -0.25) is 4.79 Å². The van der Waals surface area contributed by atoms with Crippen molar-refractivity contribution in [3.8, 4) is 0 Å². The molecule has 1 heterocycles. The van der Waals surface area contributed by atoms with Crippen LogP contribution in [0.1, 0.15) is 12.8 Å². The summed E-state index contributed by atoms with van der Waals surface area (Å²) in [4.78, 5) is 15.1. The molecule has 0 aliphatic heterocycles. The predicted octanol–water partition coefficient (Wildman–Crippen LogP) is -1.44. The lowest BCUT2D eigenvalue weighted by Gasteiger charge is -2.08. The van der Waals surface area contributed by atoms with Crippen LogP contribution in [0.15, 0.2) is 11.4 Å². The van der Waals surface area contributed by atoms with Gasteiger partial charge < -0.3 is 15.6 Å². The van der Waals surface area contributed by atoms with Crippen LogP contribution in [-0.2, 0) is 21.9 Å². The Bertz CT molecular complexity index is 541. The van der Waals surface area contributed by atoms with Crippen molar-refractivity contribution < 1.29 is 13.2 Å².